The minimum Gasteiger partial charge on any atom is -0.483 e. The van der Waals surface area contributed by atoms with Crippen LogP contribution in [0.25, 0.3) is 0 Å². The van der Waals surface area contributed by atoms with Crippen LogP contribution in [-0.2, 0) is 9.53 Å². The first-order valence-electron chi connectivity index (χ1n) is 7.12. The topological polar surface area (TPSA) is 64.6 Å². The zero-order valence-electron chi connectivity index (χ0n) is 12.6. The second-order valence-corrected chi connectivity index (χ2v) is 5.45. The third-order valence-electron chi connectivity index (χ3n) is 3.69. The summed E-state index contributed by atoms with van der Waals surface area (Å²) >= 11 is 0. The third-order valence-corrected chi connectivity index (χ3v) is 3.69. The number of methoxy groups -OCH3 is 1. The van der Waals surface area contributed by atoms with Crippen LogP contribution in [0.2, 0.25) is 0 Å². The summed E-state index contributed by atoms with van der Waals surface area (Å²) in [4.78, 5) is 23.3. The summed E-state index contributed by atoms with van der Waals surface area (Å²) in [5.74, 6) is 0.564. The number of carbonyl (C=O) groups excluding carboxylic acids is 2. The van der Waals surface area contributed by atoms with Gasteiger partial charge in [-0.2, -0.15) is 0 Å². The molecule has 5 nitrogen and oxygen atoms in total. The normalized spacial score (nSPS) is 15.2. The molecule has 0 saturated heterocycles. The quantitative estimate of drug-likeness (QED) is 0.815. The number of carbonyl (C=O) groups is 2. The Morgan fingerprint density at radius 1 is 1.38 bits per heavy atom. The predicted molar refractivity (Wildman–Crippen MR) is 78.3 cm³/mol. The van der Waals surface area contributed by atoms with Crippen LogP contribution >= 0.6 is 0 Å². The van der Waals surface area contributed by atoms with Gasteiger partial charge in [0.15, 0.2) is 6.61 Å². The molecule has 2 rings (SSSR count). The molecule has 1 aliphatic rings. The van der Waals surface area contributed by atoms with Gasteiger partial charge >= 0.3 is 5.97 Å². The van der Waals surface area contributed by atoms with Crippen LogP contribution in [0.5, 0.6) is 5.75 Å². The van der Waals surface area contributed by atoms with Gasteiger partial charge in [0.2, 0.25) is 0 Å². The lowest BCUT2D eigenvalue weighted by Crippen LogP contribution is -2.37. The van der Waals surface area contributed by atoms with E-state index < -0.39 is 5.97 Å². The Labute approximate surface area is 124 Å². The van der Waals surface area contributed by atoms with E-state index in [1.165, 1.54) is 20.0 Å². The van der Waals surface area contributed by atoms with Crippen LogP contribution in [-0.4, -0.2) is 31.6 Å². The Bertz CT molecular complexity index is 537. The fourth-order valence-corrected chi connectivity index (χ4v) is 2.15. The minimum atomic E-state index is -0.424. The summed E-state index contributed by atoms with van der Waals surface area (Å²) < 4.78 is 10.2. The molecule has 1 N–H and O–H groups in total. The number of benzene rings is 1. The highest BCUT2D eigenvalue weighted by Gasteiger charge is 2.28. The van der Waals surface area contributed by atoms with Crippen molar-refractivity contribution in [2.24, 2.45) is 5.92 Å². The SMILES string of the molecule is COC(=O)c1ccc(C)c(OCC(=O)N[C@H](C)C2CC2)c1. The third kappa shape index (κ3) is 4.21. The van der Waals surface area contributed by atoms with E-state index in [1.807, 2.05) is 13.8 Å². The van der Waals surface area contributed by atoms with Crippen molar-refractivity contribution in [3.05, 3.63) is 29.3 Å². The van der Waals surface area contributed by atoms with Gasteiger partial charge in [0.1, 0.15) is 5.75 Å². The van der Waals surface area contributed by atoms with E-state index in [0.29, 0.717) is 17.2 Å². The molecule has 1 aromatic carbocycles. The van der Waals surface area contributed by atoms with Gasteiger partial charge < -0.3 is 14.8 Å². The first kappa shape index (κ1) is 15.4. The van der Waals surface area contributed by atoms with Crippen LogP contribution in [0, 0.1) is 12.8 Å². The number of rotatable bonds is 6. The Kier molecular flexibility index (Phi) is 4.83. The summed E-state index contributed by atoms with van der Waals surface area (Å²) in [6, 6.07) is 5.23. The van der Waals surface area contributed by atoms with Crippen LogP contribution < -0.4 is 10.1 Å². The van der Waals surface area contributed by atoms with Gasteiger partial charge in [-0.25, -0.2) is 4.79 Å². The van der Waals surface area contributed by atoms with Gasteiger partial charge in [-0.05, 0) is 50.3 Å². The molecule has 0 aromatic heterocycles. The van der Waals surface area contributed by atoms with Crippen molar-refractivity contribution in [1.82, 2.24) is 5.32 Å². The number of aryl methyl sites for hydroxylation is 1. The molecule has 0 unspecified atom stereocenters. The molecule has 1 aliphatic carbocycles. The first-order valence-corrected chi connectivity index (χ1v) is 7.12. The highest BCUT2D eigenvalue weighted by atomic mass is 16.5. The zero-order valence-corrected chi connectivity index (χ0v) is 12.6. The maximum Gasteiger partial charge on any atom is 0.337 e. The number of amides is 1. The summed E-state index contributed by atoms with van der Waals surface area (Å²) in [6.07, 6.45) is 2.37. The van der Waals surface area contributed by atoms with Crippen LogP contribution in [0.3, 0.4) is 0 Å². The van der Waals surface area contributed by atoms with E-state index in [1.54, 1.807) is 18.2 Å². The standard InChI is InChI=1S/C16H21NO4/c1-10-4-5-13(16(19)20-3)8-14(10)21-9-15(18)17-11(2)12-6-7-12/h4-5,8,11-12H,6-7,9H2,1-3H3,(H,17,18)/t11-/m1/s1. The first-order chi connectivity index (χ1) is 10.0. The molecule has 0 spiro atoms. The summed E-state index contributed by atoms with van der Waals surface area (Å²) in [6.45, 7) is 3.82. The maximum atomic E-state index is 11.8. The highest BCUT2D eigenvalue weighted by molar-refractivity contribution is 5.90. The Morgan fingerprint density at radius 2 is 2.10 bits per heavy atom. The number of ether oxygens (including phenoxy) is 2. The van der Waals surface area contributed by atoms with E-state index >= 15 is 0 Å². The molecule has 0 radical (unpaired) electrons. The van der Waals surface area contributed by atoms with Crippen molar-refractivity contribution in [2.45, 2.75) is 32.7 Å². The average molecular weight is 291 g/mol. The Hall–Kier alpha value is -2.04. The number of hydrogen-bond acceptors (Lipinski definition) is 4. The summed E-state index contributed by atoms with van der Waals surface area (Å²) in [5, 5.41) is 2.92. The van der Waals surface area contributed by atoms with E-state index in [-0.39, 0.29) is 18.6 Å². The van der Waals surface area contributed by atoms with Crippen LogP contribution in [0.1, 0.15) is 35.7 Å². The summed E-state index contributed by atoms with van der Waals surface area (Å²) in [7, 11) is 1.33. The molecule has 1 saturated carbocycles. The molecule has 0 bridgehead atoms. The molecule has 21 heavy (non-hydrogen) atoms. The minimum absolute atomic E-state index is 0.0530. The zero-order chi connectivity index (χ0) is 15.4. The molecular formula is C16H21NO4. The van der Waals surface area contributed by atoms with Crippen molar-refractivity contribution >= 4 is 11.9 Å². The molecule has 0 heterocycles. The monoisotopic (exact) mass is 291 g/mol. The van der Waals surface area contributed by atoms with Gasteiger partial charge in [-0.1, -0.05) is 6.07 Å². The lowest BCUT2D eigenvalue weighted by molar-refractivity contribution is -0.123. The van der Waals surface area contributed by atoms with Crippen LogP contribution in [0.15, 0.2) is 18.2 Å². The van der Waals surface area contributed by atoms with Crippen molar-refractivity contribution in [3.63, 3.8) is 0 Å². The van der Waals surface area contributed by atoms with Gasteiger partial charge in [0.25, 0.3) is 5.91 Å². The van der Waals surface area contributed by atoms with Gasteiger partial charge in [0, 0.05) is 6.04 Å². The Balaban J connectivity index is 1.92. The lowest BCUT2D eigenvalue weighted by atomic mass is 10.1. The molecule has 1 atom stereocenters. The smallest absolute Gasteiger partial charge is 0.337 e. The van der Waals surface area contributed by atoms with Crippen molar-refractivity contribution in [2.75, 3.05) is 13.7 Å². The van der Waals surface area contributed by atoms with E-state index in [4.69, 9.17) is 4.74 Å². The predicted octanol–water partition coefficient (Wildman–Crippen LogP) is 2.08. The fraction of sp³-hybridized carbons (Fsp3) is 0.500. The molecule has 5 heteroatoms. The van der Waals surface area contributed by atoms with Gasteiger partial charge in [-0.3, -0.25) is 4.79 Å². The lowest BCUT2D eigenvalue weighted by Gasteiger charge is -2.14. The number of esters is 1. The van der Waals surface area contributed by atoms with E-state index in [2.05, 4.69) is 10.1 Å². The second-order valence-electron chi connectivity index (χ2n) is 5.45. The molecule has 114 valence electrons. The van der Waals surface area contributed by atoms with Crippen molar-refractivity contribution in [3.8, 4) is 5.75 Å². The van der Waals surface area contributed by atoms with E-state index in [9.17, 15) is 9.59 Å². The molecule has 1 aromatic rings. The summed E-state index contributed by atoms with van der Waals surface area (Å²) in [5.41, 5.74) is 1.27. The largest absolute Gasteiger partial charge is 0.483 e. The second kappa shape index (κ2) is 6.61. The molecule has 0 aliphatic heterocycles. The average Bonchev–Trinajstić information content (AvgIpc) is 3.30. The van der Waals surface area contributed by atoms with Crippen molar-refractivity contribution in [1.29, 1.82) is 0 Å². The fourth-order valence-electron chi connectivity index (χ4n) is 2.15. The number of hydrogen-bond donors (Lipinski definition) is 1. The highest BCUT2D eigenvalue weighted by Crippen LogP contribution is 2.32. The van der Waals surface area contributed by atoms with Gasteiger partial charge in [-0.15, -0.1) is 0 Å². The molecule has 1 amide bonds. The molecule has 1 fully saturated rings. The van der Waals surface area contributed by atoms with Crippen molar-refractivity contribution < 1.29 is 19.1 Å². The van der Waals surface area contributed by atoms with E-state index in [0.717, 1.165) is 5.56 Å². The van der Waals surface area contributed by atoms with Gasteiger partial charge in [0.05, 0.1) is 12.7 Å². The Morgan fingerprint density at radius 3 is 2.71 bits per heavy atom. The molecular weight excluding hydrogens is 270 g/mol. The van der Waals surface area contributed by atoms with Crippen LogP contribution in [0.4, 0.5) is 0 Å². The number of nitrogens with one attached hydrogen (secondary N) is 1. The maximum absolute atomic E-state index is 11.8.